The topological polar surface area (TPSA) is 64.4 Å². The van der Waals surface area contributed by atoms with Gasteiger partial charge in [0.2, 0.25) is 5.91 Å². The number of nitrogens with one attached hydrogen (secondary N) is 1. The lowest BCUT2D eigenvalue weighted by Gasteiger charge is -2.15. The lowest BCUT2D eigenvalue weighted by atomic mass is 10.0. The predicted octanol–water partition coefficient (Wildman–Crippen LogP) is 2.54. The monoisotopic (exact) mass is 276 g/mol. The van der Waals surface area contributed by atoms with Crippen molar-refractivity contribution in [2.75, 3.05) is 11.9 Å². The lowest BCUT2D eigenvalue weighted by molar-refractivity contribution is -0.119. The number of ether oxygens (including phenoxy) is 1. The maximum Gasteiger partial charge on any atom is 0.228 e. The van der Waals surface area contributed by atoms with Crippen molar-refractivity contribution in [3.63, 3.8) is 0 Å². The third-order valence-corrected chi connectivity index (χ3v) is 3.72. The average Bonchev–Trinajstić information content (AvgIpc) is 3.22. The van der Waals surface area contributed by atoms with Gasteiger partial charge in [-0.1, -0.05) is 19.1 Å². The molecular formula is C16H24N2O2. The van der Waals surface area contributed by atoms with E-state index >= 15 is 0 Å². The van der Waals surface area contributed by atoms with E-state index in [1.165, 1.54) is 12.8 Å². The van der Waals surface area contributed by atoms with Crippen molar-refractivity contribution >= 4 is 11.6 Å². The molecule has 1 aromatic carbocycles. The summed E-state index contributed by atoms with van der Waals surface area (Å²) in [5, 5.41) is 2.90. The van der Waals surface area contributed by atoms with E-state index in [1.54, 1.807) is 0 Å². The van der Waals surface area contributed by atoms with E-state index in [9.17, 15) is 4.79 Å². The van der Waals surface area contributed by atoms with Crippen molar-refractivity contribution < 1.29 is 9.53 Å². The number of amides is 1. The van der Waals surface area contributed by atoms with Crippen LogP contribution in [0.25, 0.3) is 0 Å². The van der Waals surface area contributed by atoms with Gasteiger partial charge in [0.15, 0.2) is 0 Å². The van der Waals surface area contributed by atoms with E-state index in [-0.39, 0.29) is 17.9 Å². The molecule has 0 heterocycles. The maximum absolute atomic E-state index is 12.0. The second kappa shape index (κ2) is 6.86. The van der Waals surface area contributed by atoms with E-state index in [0.717, 1.165) is 23.8 Å². The van der Waals surface area contributed by atoms with Gasteiger partial charge in [-0.15, -0.1) is 0 Å². The molecule has 3 N–H and O–H groups in total. The summed E-state index contributed by atoms with van der Waals surface area (Å²) in [6.45, 7) is 5.12. The van der Waals surface area contributed by atoms with Crippen molar-refractivity contribution in [1.82, 2.24) is 0 Å². The van der Waals surface area contributed by atoms with Crippen LogP contribution in [0, 0.1) is 11.8 Å². The second-order valence-corrected chi connectivity index (χ2v) is 5.80. The summed E-state index contributed by atoms with van der Waals surface area (Å²) in [7, 11) is 0. The van der Waals surface area contributed by atoms with Crippen molar-refractivity contribution in [3.8, 4) is 0 Å². The van der Waals surface area contributed by atoms with Crippen molar-refractivity contribution in [2.45, 2.75) is 39.3 Å². The van der Waals surface area contributed by atoms with Gasteiger partial charge >= 0.3 is 0 Å². The summed E-state index contributed by atoms with van der Waals surface area (Å²) >= 11 is 0. The molecule has 4 nitrogen and oxygen atoms in total. The third-order valence-electron chi connectivity index (χ3n) is 3.72. The van der Waals surface area contributed by atoms with Crippen LogP contribution in [-0.2, 0) is 16.1 Å². The summed E-state index contributed by atoms with van der Waals surface area (Å²) in [6, 6.07) is 7.63. The van der Waals surface area contributed by atoms with Gasteiger partial charge in [0.1, 0.15) is 0 Å². The summed E-state index contributed by atoms with van der Waals surface area (Å²) in [5.41, 5.74) is 7.62. The molecule has 0 aliphatic heterocycles. The van der Waals surface area contributed by atoms with Gasteiger partial charge in [0, 0.05) is 18.3 Å². The van der Waals surface area contributed by atoms with Crippen LogP contribution in [0.3, 0.4) is 0 Å². The van der Waals surface area contributed by atoms with Gasteiger partial charge < -0.3 is 15.8 Å². The molecule has 1 fully saturated rings. The first-order valence-electron chi connectivity index (χ1n) is 7.29. The molecule has 4 heteroatoms. The first kappa shape index (κ1) is 15.0. The van der Waals surface area contributed by atoms with Gasteiger partial charge in [-0.3, -0.25) is 4.79 Å². The lowest BCUT2D eigenvalue weighted by Crippen LogP contribution is -2.34. The van der Waals surface area contributed by atoms with Crippen LogP contribution in [0.1, 0.15) is 32.3 Å². The molecule has 1 aliphatic rings. The molecule has 2 atom stereocenters. The van der Waals surface area contributed by atoms with Gasteiger partial charge in [-0.05, 0) is 43.4 Å². The number of nitrogens with two attached hydrogens (primary N) is 1. The van der Waals surface area contributed by atoms with Crippen LogP contribution in [0.4, 0.5) is 5.69 Å². The number of benzene rings is 1. The van der Waals surface area contributed by atoms with Crippen LogP contribution >= 0.6 is 0 Å². The smallest absolute Gasteiger partial charge is 0.228 e. The first-order chi connectivity index (χ1) is 9.56. The fourth-order valence-corrected chi connectivity index (χ4v) is 1.86. The minimum atomic E-state index is -0.204. The van der Waals surface area contributed by atoms with Gasteiger partial charge in [0.25, 0.3) is 0 Å². The quantitative estimate of drug-likeness (QED) is 0.804. The molecule has 2 rings (SSSR count). The SMILES string of the molecule is CC(N)C(C)C(=O)Nc1cccc(COCC2CC2)c1. The summed E-state index contributed by atoms with van der Waals surface area (Å²) < 4.78 is 5.66. The Morgan fingerprint density at radius 2 is 2.20 bits per heavy atom. The minimum absolute atomic E-state index is 0.0453. The molecule has 0 saturated heterocycles. The maximum atomic E-state index is 12.0. The molecule has 1 amide bonds. The van der Waals surface area contributed by atoms with Crippen LogP contribution in [-0.4, -0.2) is 18.6 Å². The van der Waals surface area contributed by atoms with Crippen LogP contribution in [0.2, 0.25) is 0 Å². The van der Waals surface area contributed by atoms with E-state index in [2.05, 4.69) is 5.32 Å². The predicted molar refractivity (Wildman–Crippen MR) is 80.3 cm³/mol. The molecule has 0 aromatic heterocycles. The Morgan fingerprint density at radius 1 is 1.45 bits per heavy atom. The number of carbonyl (C=O) groups excluding carboxylic acids is 1. The summed E-state index contributed by atoms with van der Waals surface area (Å²) in [5.74, 6) is 0.519. The highest BCUT2D eigenvalue weighted by atomic mass is 16.5. The zero-order valence-electron chi connectivity index (χ0n) is 12.3. The van der Waals surface area contributed by atoms with Gasteiger partial charge in [0.05, 0.1) is 12.5 Å². The average molecular weight is 276 g/mol. The Kier molecular flexibility index (Phi) is 5.15. The summed E-state index contributed by atoms with van der Waals surface area (Å²) in [4.78, 5) is 12.0. The number of hydrogen-bond acceptors (Lipinski definition) is 3. The first-order valence-corrected chi connectivity index (χ1v) is 7.29. The van der Waals surface area contributed by atoms with Crippen LogP contribution < -0.4 is 11.1 Å². The molecule has 20 heavy (non-hydrogen) atoms. The van der Waals surface area contributed by atoms with E-state index in [0.29, 0.717) is 6.61 Å². The Balaban J connectivity index is 1.86. The van der Waals surface area contributed by atoms with Gasteiger partial charge in [-0.2, -0.15) is 0 Å². The highest BCUT2D eigenvalue weighted by Gasteiger charge is 2.21. The summed E-state index contributed by atoms with van der Waals surface area (Å²) in [6.07, 6.45) is 2.59. The number of hydrogen-bond donors (Lipinski definition) is 2. The fourth-order valence-electron chi connectivity index (χ4n) is 1.86. The van der Waals surface area contributed by atoms with Crippen molar-refractivity contribution in [1.29, 1.82) is 0 Å². The molecule has 1 aliphatic carbocycles. The standard InChI is InChI=1S/C16H24N2O2/c1-11(12(2)17)16(19)18-15-5-3-4-14(8-15)10-20-9-13-6-7-13/h3-5,8,11-13H,6-7,9-10,17H2,1-2H3,(H,18,19). The Morgan fingerprint density at radius 3 is 2.85 bits per heavy atom. The molecule has 0 bridgehead atoms. The van der Waals surface area contributed by atoms with Crippen molar-refractivity contribution in [2.24, 2.45) is 17.6 Å². The molecule has 0 spiro atoms. The molecular weight excluding hydrogens is 252 g/mol. The number of rotatable bonds is 7. The highest BCUT2D eigenvalue weighted by Crippen LogP contribution is 2.29. The molecule has 1 aromatic rings. The van der Waals surface area contributed by atoms with Gasteiger partial charge in [-0.25, -0.2) is 0 Å². The third kappa shape index (κ3) is 4.62. The Bertz CT molecular complexity index is 456. The van der Waals surface area contributed by atoms with E-state index in [4.69, 9.17) is 10.5 Å². The van der Waals surface area contributed by atoms with Crippen molar-refractivity contribution in [3.05, 3.63) is 29.8 Å². The van der Waals surface area contributed by atoms with Crippen LogP contribution in [0.15, 0.2) is 24.3 Å². The zero-order chi connectivity index (χ0) is 14.5. The normalized spacial score (nSPS) is 17.6. The number of carbonyl (C=O) groups is 1. The molecule has 1 saturated carbocycles. The molecule has 0 radical (unpaired) electrons. The fraction of sp³-hybridized carbons (Fsp3) is 0.562. The van der Waals surface area contributed by atoms with Crippen LogP contribution in [0.5, 0.6) is 0 Å². The van der Waals surface area contributed by atoms with E-state index < -0.39 is 0 Å². The largest absolute Gasteiger partial charge is 0.376 e. The molecule has 110 valence electrons. The second-order valence-electron chi connectivity index (χ2n) is 5.80. The highest BCUT2D eigenvalue weighted by molar-refractivity contribution is 5.92. The minimum Gasteiger partial charge on any atom is -0.376 e. The molecule has 2 unspecified atom stereocenters. The Labute approximate surface area is 120 Å². The zero-order valence-corrected chi connectivity index (χ0v) is 12.3. The van der Waals surface area contributed by atoms with E-state index in [1.807, 2.05) is 38.1 Å². The Hall–Kier alpha value is -1.39. The number of anilines is 1.